The van der Waals surface area contributed by atoms with E-state index >= 15 is 0 Å². The zero-order valence-electron chi connectivity index (χ0n) is 12.8. The average Bonchev–Trinajstić information content (AvgIpc) is 2.87. The molecule has 0 saturated carbocycles. The summed E-state index contributed by atoms with van der Waals surface area (Å²) in [6.45, 7) is 6.69. The van der Waals surface area contributed by atoms with Gasteiger partial charge < -0.3 is 9.47 Å². The second-order valence-electron chi connectivity index (χ2n) is 5.60. The predicted octanol–water partition coefficient (Wildman–Crippen LogP) is 0.368. The zero-order valence-corrected chi connectivity index (χ0v) is 13.6. The molecule has 0 aliphatic carbocycles. The second kappa shape index (κ2) is 6.60. The van der Waals surface area contributed by atoms with Crippen molar-refractivity contribution in [1.29, 1.82) is 0 Å². The number of rotatable bonds is 4. The standard InChI is InChI=1S/C13H24N2O5S/c1-4-19-13(16)12-6-5-7-15(12)21(17,18)14-8-10(2)20-11(3)9-14/h10-12H,4-9H2,1-3H3. The first-order chi connectivity index (χ1) is 9.86. The van der Waals surface area contributed by atoms with E-state index in [1.54, 1.807) is 6.92 Å². The van der Waals surface area contributed by atoms with Crippen molar-refractivity contribution in [1.82, 2.24) is 8.61 Å². The number of ether oxygens (including phenoxy) is 2. The third-order valence-electron chi connectivity index (χ3n) is 3.77. The Hall–Kier alpha value is -0.700. The van der Waals surface area contributed by atoms with E-state index in [1.807, 2.05) is 13.8 Å². The van der Waals surface area contributed by atoms with E-state index in [2.05, 4.69) is 0 Å². The maximum Gasteiger partial charge on any atom is 0.324 e. The lowest BCUT2D eigenvalue weighted by Crippen LogP contribution is -2.55. The molecule has 122 valence electrons. The normalized spacial score (nSPS) is 32.2. The Morgan fingerprint density at radius 1 is 1.29 bits per heavy atom. The Morgan fingerprint density at radius 2 is 1.90 bits per heavy atom. The van der Waals surface area contributed by atoms with Crippen molar-refractivity contribution < 1.29 is 22.7 Å². The lowest BCUT2D eigenvalue weighted by molar-refractivity contribution is -0.147. The van der Waals surface area contributed by atoms with Crippen LogP contribution in [0, 0.1) is 0 Å². The summed E-state index contributed by atoms with van der Waals surface area (Å²) in [6.07, 6.45) is 0.908. The van der Waals surface area contributed by atoms with Crippen LogP contribution >= 0.6 is 0 Å². The number of carbonyl (C=O) groups excluding carboxylic acids is 1. The Balaban J connectivity index is 2.16. The van der Waals surface area contributed by atoms with Crippen molar-refractivity contribution in [2.24, 2.45) is 0 Å². The Bertz CT molecular complexity index is 471. The molecule has 0 aromatic carbocycles. The van der Waals surface area contributed by atoms with Gasteiger partial charge in [-0.05, 0) is 33.6 Å². The summed E-state index contributed by atoms with van der Waals surface area (Å²) in [6, 6.07) is -0.691. The van der Waals surface area contributed by atoms with E-state index in [0.717, 1.165) is 0 Å². The van der Waals surface area contributed by atoms with Gasteiger partial charge in [0, 0.05) is 19.6 Å². The molecular formula is C13H24N2O5S. The van der Waals surface area contributed by atoms with Crippen LogP contribution in [-0.4, -0.2) is 67.5 Å². The van der Waals surface area contributed by atoms with Gasteiger partial charge in [0.1, 0.15) is 6.04 Å². The number of hydrogen-bond acceptors (Lipinski definition) is 5. The highest BCUT2D eigenvalue weighted by atomic mass is 32.2. The molecule has 21 heavy (non-hydrogen) atoms. The SMILES string of the molecule is CCOC(=O)C1CCCN1S(=O)(=O)N1CC(C)OC(C)C1. The number of nitrogens with zero attached hydrogens (tertiary/aromatic N) is 2. The molecule has 2 rings (SSSR count). The molecule has 2 aliphatic rings. The lowest BCUT2D eigenvalue weighted by atomic mass is 10.2. The highest BCUT2D eigenvalue weighted by Crippen LogP contribution is 2.26. The lowest BCUT2D eigenvalue weighted by Gasteiger charge is -2.37. The molecule has 2 aliphatic heterocycles. The molecule has 0 radical (unpaired) electrons. The van der Waals surface area contributed by atoms with Gasteiger partial charge in [-0.2, -0.15) is 17.0 Å². The van der Waals surface area contributed by atoms with E-state index in [-0.39, 0.29) is 18.8 Å². The first-order valence-electron chi connectivity index (χ1n) is 7.45. The number of morpholine rings is 1. The summed E-state index contributed by atoms with van der Waals surface area (Å²) in [5, 5.41) is 0. The molecule has 0 bridgehead atoms. The maximum absolute atomic E-state index is 12.8. The minimum absolute atomic E-state index is 0.146. The molecular weight excluding hydrogens is 296 g/mol. The molecule has 3 atom stereocenters. The van der Waals surface area contributed by atoms with Crippen molar-refractivity contribution >= 4 is 16.2 Å². The molecule has 0 N–H and O–H groups in total. The topological polar surface area (TPSA) is 76.2 Å². The van der Waals surface area contributed by atoms with Gasteiger partial charge >= 0.3 is 5.97 Å². The van der Waals surface area contributed by atoms with Crippen LogP contribution in [0.15, 0.2) is 0 Å². The fourth-order valence-electron chi connectivity index (χ4n) is 2.96. The van der Waals surface area contributed by atoms with Gasteiger partial charge in [-0.25, -0.2) is 0 Å². The summed E-state index contributed by atoms with van der Waals surface area (Å²) >= 11 is 0. The summed E-state index contributed by atoms with van der Waals surface area (Å²) in [4.78, 5) is 11.9. The van der Waals surface area contributed by atoms with Crippen LogP contribution < -0.4 is 0 Å². The number of esters is 1. The molecule has 7 nitrogen and oxygen atoms in total. The van der Waals surface area contributed by atoms with E-state index < -0.39 is 22.2 Å². The summed E-state index contributed by atoms with van der Waals surface area (Å²) in [7, 11) is -3.65. The maximum atomic E-state index is 12.8. The molecule has 0 spiro atoms. The second-order valence-corrected chi connectivity index (χ2v) is 7.48. The van der Waals surface area contributed by atoms with Gasteiger partial charge in [-0.15, -0.1) is 0 Å². The van der Waals surface area contributed by atoms with Crippen molar-refractivity contribution in [2.75, 3.05) is 26.2 Å². The smallest absolute Gasteiger partial charge is 0.324 e. The van der Waals surface area contributed by atoms with Crippen LogP contribution in [-0.2, 0) is 24.5 Å². The van der Waals surface area contributed by atoms with Crippen LogP contribution in [0.2, 0.25) is 0 Å². The molecule has 0 amide bonds. The first-order valence-corrected chi connectivity index (χ1v) is 8.85. The first kappa shape index (κ1) is 16.7. The van der Waals surface area contributed by atoms with E-state index in [4.69, 9.17) is 9.47 Å². The molecule has 0 aromatic rings. The molecule has 2 saturated heterocycles. The predicted molar refractivity (Wildman–Crippen MR) is 76.9 cm³/mol. The van der Waals surface area contributed by atoms with Gasteiger partial charge in [-0.1, -0.05) is 0 Å². The van der Waals surface area contributed by atoms with E-state index in [0.29, 0.717) is 32.5 Å². The summed E-state index contributed by atoms with van der Waals surface area (Å²) < 4.78 is 38.8. The quantitative estimate of drug-likeness (QED) is 0.700. The molecule has 2 fully saturated rings. The highest BCUT2D eigenvalue weighted by molar-refractivity contribution is 7.86. The summed E-state index contributed by atoms with van der Waals surface area (Å²) in [5.41, 5.74) is 0. The molecule has 3 unspecified atom stereocenters. The van der Waals surface area contributed by atoms with Crippen molar-refractivity contribution in [3.8, 4) is 0 Å². The van der Waals surface area contributed by atoms with E-state index in [1.165, 1.54) is 8.61 Å². The van der Waals surface area contributed by atoms with Gasteiger partial charge in [0.05, 0.1) is 18.8 Å². The Kier molecular flexibility index (Phi) is 5.24. The largest absolute Gasteiger partial charge is 0.465 e. The number of hydrogen-bond donors (Lipinski definition) is 0. The average molecular weight is 320 g/mol. The third kappa shape index (κ3) is 3.56. The van der Waals surface area contributed by atoms with Crippen molar-refractivity contribution in [3.63, 3.8) is 0 Å². The van der Waals surface area contributed by atoms with E-state index in [9.17, 15) is 13.2 Å². The molecule has 8 heteroatoms. The molecule has 0 aromatic heterocycles. The van der Waals surface area contributed by atoms with Gasteiger partial charge in [0.2, 0.25) is 0 Å². The fourth-order valence-corrected chi connectivity index (χ4v) is 4.92. The van der Waals surface area contributed by atoms with Crippen molar-refractivity contribution in [3.05, 3.63) is 0 Å². The van der Waals surface area contributed by atoms with Crippen LogP contribution in [0.4, 0.5) is 0 Å². The Labute approximate surface area is 126 Å². The minimum Gasteiger partial charge on any atom is -0.465 e. The highest BCUT2D eigenvalue weighted by Gasteiger charge is 2.44. The monoisotopic (exact) mass is 320 g/mol. The summed E-state index contributed by atoms with van der Waals surface area (Å²) in [5.74, 6) is -0.451. The third-order valence-corrected chi connectivity index (χ3v) is 5.75. The van der Waals surface area contributed by atoms with Gasteiger partial charge in [0.25, 0.3) is 10.2 Å². The van der Waals surface area contributed by atoms with Gasteiger partial charge in [-0.3, -0.25) is 4.79 Å². The van der Waals surface area contributed by atoms with Gasteiger partial charge in [0.15, 0.2) is 0 Å². The van der Waals surface area contributed by atoms with Crippen LogP contribution in [0.25, 0.3) is 0 Å². The van der Waals surface area contributed by atoms with Crippen LogP contribution in [0.5, 0.6) is 0 Å². The van der Waals surface area contributed by atoms with Crippen LogP contribution in [0.1, 0.15) is 33.6 Å². The molecule has 2 heterocycles. The zero-order chi connectivity index (χ0) is 15.6. The number of carbonyl (C=O) groups is 1. The Morgan fingerprint density at radius 3 is 2.48 bits per heavy atom. The van der Waals surface area contributed by atoms with Crippen LogP contribution in [0.3, 0.4) is 0 Å². The fraction of sp³-hybridized carbons (Fsp3) is 0.923. The van der Waals surface area contributed by atoms with Crippen molar-refractivity contribution in [2.45, 2.75) is 51.9 Å². The minimum atomic E-state index is -3.65.